The fraction of sp³-hybridized carbons (Fsp3) is 0.444. The molecule has 1 N–H and O–H groups in total. The summed E-state index contributed by atoms with van der Waals surface area (Å²) in [5, 5.41) is 4.34. The average Bonchev–Trinajstić information content (AvgIpc) is 2.54. The molecule has 0 aliphatic carbocycles. The number of fused-ring (bicyclic) bond motifs is 1. The zero-order valence-corrected chi connectivity index (χ0v) is 15.0. The molecule has 0 saturated carbocycles. The molecule has 2 aromatic rings. The summed E-state index contributed by atoms with van der Waals surface area (Å²) in [6, 6.07) is 8.52. The number of pyridine rings is 1. The highest BCUT2D eigenvalue weighted by atomic mass is 79.9. The van der Waals surface area contributed by atoms with Gasteiger partial charge in [0.05, 0.1) is 5.52 Å². The molecule has 0 radical (unpaired) electrons. The number of nitrogens with one attached hydrogen (secondary N) is 1. The molecule has 0 spiro atoms. The van der Waals surface area contributed by atoms with Gasteiger partial charge in [-0.2, -0.15) is 0 Å². The average molecular weight is 376 g/mol. The van der Waals surface area contributed by atoms with Crippen LogP contribution in [0.4, 0.5) is 5.69 Å². The molecule has 23 heavy (non-hydrogen) atoms. The van der Waals surface area contributed by atoms with Crippen LogP contribution in [-0.4, -0.2) is 30.0 Å². The number of nitrogens with zero attached hydrogens (tertiary/aromatic N) is 2. The maximum absolute atomic E-state index is 11.9. The zero-order valence-electron chi connectivity index (χ0n) is 13.4. The summed E-state index contributed by atoms with van der Waals surface area (Å²) in [5.74, 6) is 0.169. The Morgan fingerprint density at radius 1 is 1.43 bits per heavy atom. The normalized spacial score (nSPS) is 18.2. The number of amides is 1. The maximum atomic E-state index is 11.9. The Kier molecular flexibility index (Phi) is 5.16. The van der Waals surface area contributed by atoms with E-state index in [0.29, 0.717) is 6.42 Å². The molecule has 122 valence electrons. The fourth-order valence-electron chi connectivity index (χ4n) is 3.22. The second-order valence-corrected chi connectivity index (χ2v) is 7.01. The van der Waals surface area contributed by atoms with Crippen LogP contribution in [0.1, 0.15) is 32.6 Å². The van der Waals surface area contributed by atoms with Crippen LogP contribution < -0.4 is 10.2 Å². The van der Waals surface area contributed by atoms with Crippen molar-refractivity contribution >= 4 is 38.4 Å². The van der Waals surface area contributed by atoms with Gasteiger partial charge in [0, 0.05) is 47.3 Å². The Morgan fingerprint density at radius 3 is 3.13 bits per heavy atom. The largest absolute Gasteiger partial charge is 0.369 e. The van der Waals surface area contributed by atoms with Crippen LogP contribution >= 0.6 is 15.9 Å². The molecule has 3 rings (SSSR count). The minimum Gasteiger partial charge on any atom is -0.369 e. The monoisotopic (exact) mass is 375 g/mol. The fourth-order valence-corrected chi connectivity index (χ4v) is 3.57. The SMILES string of the molecule is CCCC(=O)NC1CCCN(c2ccnc3cc(Br)ccc23)C1. The zero-order chi connectivity index (χ0) is 16.2. The molecule has 1 unspecified atom stereocenters. The highest BCUT2D eigenvalue weighted by molar-refractivity contribution is 9.10. The first-order valence-electron chi connectivity index (χ1n) is 8.26. The van der Waals surface area contributed by atoms with Crippen molar-refractivity contribution in [2.24, 2.45) is 0 Å². The van der Waals surface area contributed by atoms with Crippen LogP contribution in [0, 0.1) is 0 Å². The molecule has 1 saturated heterocycles. The van der Waals surface area contributed by atoms with Crippen molar-refractivity contribution in [2.75, 3.05) is 18.0 Å². The molecule has 5 heteroatoms. The van der Waals surface area contributed by atoms with Crippen LogP contribution in [0.2, 0.25) is 0 Å². The number of hydrogen-bond donors (Lipinski definition) is 1. The molecule has 1 amide bonds. The molecule has 1 atom stereocenters. The summed E-state index contributed by atoms with van der Waals surface area (Å²) in [5.41, 5.74) is 2.20. The molecular formula is C18H22BrN3O. The number of anilines is 1. The number of aromatic nitrogens is 1. The lowest BCUT2D eigenvalue weighted by atomic mass is 10.0. The number of benzene rings is 1. The number of halogens is 1. The molecule has 1 aromatic carbocycles. The Hall–Kier alpha value is -1.62. The van der Waals surface area contributed by atoms with Crippen LogP contribution in [0.25, 0.3) is 10.9 Å². The minimum absolute atomic E-state index is 0.169. The van der Waals surface area contributed by atoms with Gasteiger partial charge in [0.15, 0.2) is 0 Å². The summed E-state index contributed by atoms with van der Waals surface area (Å²) in [6.45, 7) is 3.92. The van der Waals surface area contributed by atoms with Crippen molar-refractivity contribution in [1.29, 1.82) is 0 Å². The van der Waals surface area contributed by atoms with Gasteiger partial charge in [-0.25, -0.2) is 0 Å². The van der Waals surface area contributed by atoms with Gasteiger partial charge < -0.3 is 10.2 Å². The molecule has 1 fully saturated rings. The van der Waals surface area contributed by atoms with Crippen LogP contribution in [0.15, 0.2) is 34.9 Å². The van der Waals surface area contributed by atoms with E-state index in [-0.39, 0.29) is 11.9 Å². The van der Waals surface area contributed by atoms with E-state index in [4.69, 9.17) is 0 Å². The third-order valence-electron chi connectivity index (χ3n) is 4.29. The van der Waals surface area contributed by atoms with E-state index in [2.05, 4.69) is 49.3 Å². The Labute approximate surface area is 145 Å². The molecule has 1 aliphatic rings. The summed E-state index contributed by atoms with van der Waals surface area (Å²) >= 11 is 3.50. The number of piperidine rings is 1. The first-order chi connectivity index (χ1) is 11.2. The molecular weight excluding hydrogens is 354 g/mol. The highest BCUT2D eigenvalue weighted by Gasteiger charge is 2.22. The van der Waals surface area contributed by atoms with Gasteiger partial charge in [-0.1, -0.05) is 22.9 Å². The Bertz CT molecular complexity index is 704. The van der Waals surface area contributed by atoms with E-state index < -0.39 is 0 Å². The van der Waals surface area contributed by atoms with Crippen LogP contribution in [-0.2, 0) is 4.79 Å². The third-order valence-corrected chi connectivity index (χ3v) is 4.78. The maximum Gasteiger partial charge on any atom is 0.220 e. The number of carbonyl (C=O) groups is 1. The molecule has 4 nitrogen and oxygen atoms in total. The smallest absolute Gasteiger partial charge is 0.220 e. The van der Waals surface area contributed by atoms with Crippen molar-refractivity contribution in [3.05, 3.63) is 34.9 Å². The first-order valence-corrected chi connectivity index (χ1v) is 9.05. The van der Waals surface area contributed by atoms with Crippen LogP contribution in [0.3, 0.4) is 0 Å². The van der Waals surface area contributed by atoms with E-state index in [1.54, 1.807) is 0 Å². The van der Waals surface area contributed by atoms with Gasteiger partial charge in [0.1, 0.15) is 0 Å². The van der Waals surface area contributed by atoms with E-state index in [0.717, 1.165) is 47.7 Å². The van der Waals surface area contributed by atoms with Crippen molar-refractivity contribution in [3.63, 3.8) is 0 Å². The predicted octanol–water partition coefficient (Wildman–Crippen LogP) is 3.88. The predicted molar refractivity (Wildman–Crippen MR) is 97.7 cm³/mol. The lowest BCUT2D eigenvalue weighted by Crippen LogP contribution is -2.47. The minimum atomic E-state index is 0.169. The van der Waals surface area contributed by atoms with E-state index in [1.165, 1.54) is 5.69 Å². The number of carbonyl (C=O) groups excluding carboxylic acids is 1. The summed E-state index contributed by atoms with van der Waals surface area (Å²) in [6.07, 6.45) is 5.52. The van der Waals surface area contributed by atoms with E-state index in [9.17, 15) is 4.79 Å². The summed E-state index contributed by atoms with van der Waals surface area (Å²) in [7, 11) is 0. The molecule has 1 aliphatic heterocycles. The quantitative estimate of drug-likeness (QED) is 0.881. The Morgan fingerprint density at radius 2 is 2.30 bits per heavy atom. The number of hydrogen-bond acceptors (Lipinski definition) is 3. The summed E-state index contributed by atoms with van der Waals surface area (Å²) in [4.78, 5) is 18.7. The Balaban J connectivity index is 1.80. The van der Waals surface area contributed by atoms with Crippen LogP contribution in [0.5, 0.6) is 0 Å². The van der Waals surface area contributed by atoms with Gasteiger partial charge in [0.25, 0.3) is 0 Å². The lowest BCUT2D eigenvalue weighted by Gasteiger charge is -2.35. The standard InChI is InChI=1S/C18H22BrN3O/c1-2-4-18(23)21-14-5-3-10-22(12-14)17-8-9-20-16-11-13(19)6-7-15(16)17/h6-9,11,14H,2-5,10,12H2,1H3,(H,21,23). The molecule has 0 bridgehead atoms. The summed E-state index contributed by atoms with van der Waals surface area (Å²) < 4.78 is 1.04. The van der Waals surface area contributed by atoms with Crippen molar-refractivity contribution in [3.8, 4) is 0 Å². The lowest BCUT2D eigenvalue weighted by molar-refractivity contribution is -0.121. The van der Waals surface area contributed by atoms with Crippen molar-refractivity contribution in [1.82, 2.24) is 10.3 Å². The van der Waals surface area contributed by atoms with Gasteiger partial charge in [0.2, 0.25) is 5.91 Å². The van der Waals surface area contributed by atoms with Gasteiger partial charge in [-0.05, 0) is 43.5 Å². The third kappa shape index (κ3) is 3.83. The van der Waals surface area contributed by atoms with Gasteiger partial charge >= 0.3 is 0 Å². The molecule has 2 heterocycles. The second-order valence-electron chi connectivity index (χ2n) is 6.09. The topological polar surface area (TPSA) is 45.2 Å². The second kappa shape index (κ2) is 7.30. The van der Waals surface area contributed by atoms with Gasteiger partial charge in [-0.3, -0.25) is 9.78 Å². The van der Waals surface area contributed by atoms with Crippen molar-refractivity contribution < 1.29 is 4.79 Å². The van der Waals surface area contributed by atoms with Gasteiger partial charge in [-0.15, -0.1) is 0 Å². The first kappa shape index (κ1) is 16.2. The number of rotatable bonds is 4. The van der Waals surface area contributed by atoms with E-state index >= 15 is 0 Å². The van der Waals surface area contributed by atoms with E-state index in [1.807, 2.05) is 19.2 Å². The molecule has 1 aromatic heterocycles. The highest BCUT2D eigenvalue weighted by Crippen LogP contribution is 2.29. The van der Waals surface area contributed by atoms with Crippen molar-refractivity contribution in [2.45, 2.75) is 38.6 Å².